The molecule has 0 saturated heterocycles. The van der Waals surface area contributed by atoms with E-state index in [-0.39, 0.29) is 10.6 Å². The van der Waals surface area contributed by atoms with E-state index in [1.54, 1.807) is 10.5 Å². The van der Waals surface area contributed by atoms with Crippen LogP contribution in [-0.2, 0) is 6.42 Å². The minimum Gasteiger partial charge on any atom is -0.478 e. The third kappa shape index (κ3) is 2.70. The number of halogens is 2. The van der Waals surface area contributed by atoms with Gasteiger partial charge in [0, 0.05) is 17.6 Å². The number of benzene rings is 1. The molecule has 0 amide bonds. The van der Waals surface area contributed by atoms with Gasteiger partial charge in [-0.1, -0.05) is 35.3 Å². The number of carboxylic acids is 1. The van der Waals surface area contributed by atoms with Crippen LogP contribution >= 0.6 is 23.2 Å². The summed E-state index contributed by atoms with van der Waals surface area (Å²) in [5, 5.41) is 18.0. The van der Waals surface area contributed by atoms with Crippen LogP contribution < -0.4 is 0 Å². The van der Waals surface area contributed by atoms with Gasteiger partial charge in [0.2, 0.25) is 0 Å². The molecule has 2 aromatic heterocycles. The lowest BCUT2D eigenvalue weighted by molar-refractivity contribution is 0.0696. The van der Waals surface area contributed by atoms with Crippen LogP contribution in [0.4, 0.5) is 0 Å². The molecule has 1 aromatic carbocycles. The maximum Gasteiger partial charge on any atom is 0.337 e. The van der Waals surface area contributed by atoms with Gasteiger partial charge in [0.25, 0.3) is 0 Å². The molecule has 3 rings (SSSR count). The first kappa shape index (κ1) is 13.9. The van der Waals surface area contributed by atoms with Crippen LogP contribution in [0.2, 0.25) is 10.0 Å². The number of hydrogen-bond acceptors (Lipinski definition) is 3. The van der Waals surface area contributed by atoms with Crippen LogP contribution in [-0.4, -0.2) is 25.7 Å². The van der Waals surface area contributed by atoms with Crippen molar-refractivity contribution in [3.05, 3.63) is 63.5 Å². The predicted molar refractivity (Wildman–Crippen MR) is 79.2 cm³/mol. The van der Waals surface area contributed by atoms with Crippen LogP contribution in [0.3, 0.4) is 0 Å². The zero-order chi connectivity index (χ0) is 15.0. The van der Waals surface area contributed by atoms with Crippen molar-refractivity contribution in [3.8, 4) is 0 Å². The van der Waals surface area contributed by atoms with Crippen molar-refractivity contribution >= 4 is 34.8 Å². The maximum atomic E-state index is 11.1. The fourth-order valence-electron chi connectivity index (χ4n) is 2.07. The van der Waals surface area contributed by atoms with Gasteiger partial charge < -0.3 is 5.11 Å². The van der Waals surface area contributed by atoms with E-state index >= 15 is 0 Å². The standard InChI is InChI=1S/C14H9Cl2N3O2/c15-10-3-1-2-8(4-10)5-12-17-18-13-11(16)6-9(14(20)21)7-19(12)13/h1-4,6-7H,5H2,(H,20,21). The molecule has 0 fully saturated rings. The summed E-state index contributed by atoms with van der Waals surface area (Å²) in [6.45, 7) is 0. The average Bonchev–Trinajstić information content (AvgIpc) is 2.82. The minimum absolute atomic E-state index is 0.0830. The summed E-state index contributed by atoms with van der Waals surface area (Å²) in [5.74, 6) is -0.460. The van der Waals surface area contributed by atoms with E-state index in [4.69, 9.17) is 28.3 Å². The van der Waals surface area contributed by atoms with Gasteiger partial charge in [0.1, 0.15) is 5.82 Å². The van der Waals surface area contributed by atoms with Crippen molar-refractivity contribution < 1.29 is 9.90 Å². The minimum atomic E-state index is -1.05. The van der Waals surface area contributed by atoms with Crippen molar-refractivity contribution in [2.75, 3.05) is 0 Å². The Morgan fingerprint density at radius 2 is 2.05 bits per heavy atom. The molecule has 0 aliphatic heterocycles. The summed E-state index contributed by atoms with van der Waals surface area (Å²) >= 11 is 12.0. The number of carboxylic acid groups (broad SMARTS) is 1. The van der Waals surface area contributed by atoms with Crippen molar-refractivity contribution in [2.24, 2.45) is 0 Å². The Bertz CT molecular complexity index is 845. The number of hydrogen-bond donors (Lipinski definition) is 1. The fourth-order valence-corrected chi connectivity index (χ4v) is 2.53. The molecule has 0 bridgehead atoms. The Balaban J connectivity index is 2.09. The zero-order valence-corrected chi connectivity index (χ0v) is 12.1. The van der Waals surface area contributed by atoms with Crippen molar-refractivity contribution in [1.29, 1.82) is 0 Å². The summed E-state index contributed by atoms with van der Waals surface area (Å²) < 4.78 is 1.59. The van der Waals surface area contributed by atoms with Crippen molar-refractivity contribution in [2.45, 2.75) is 6.42 Å². The topological polar surface area (TPSA) is 67.5 Å². The van der Waals surface area contributed by atoms with Crippen LogP contribution in [0, 0.1) is 0 Å². The molecule has 106 valence electrons. The zero-order valence-electron chi connectivity index (χ0n) is 10.6. The Hall–Kier alpha value is -2.11. The second kappa shape index (κ2) is 5.35. The Morgan fingerprint density at radius 1 is 1.24 bits per heavy atom. The molecule has 0 unspecified atom stereocenters. The number of rotatable bonds is 3. The summed E-state index contributed by atoms with van der Waals surface area (Å²) in [7, 11) is 0. The highest BCUT2D eigenvalue weighted by Gasteiger charge is 2.13. The summed E-state index contributed by atoms with van der Waals surface area (Å²) in [6.07, 6.45) is 1.94. The van der Waals surface area contributed by atoms with E-state index in [1.165, 1.54) is 12.3 Å². The Labute approximate surface area is 129 Å². The Kier molecular flexibility index (Phi) is 3.53. The first-order valence-corrected chi connectivity index (χ1v) is 6.81. The predicted octanol–water partition coefficient (Wildman–Crippen LogP) is 3.33. The van der Waals surface area contributed by atoms with Gasteiger partial charge in [0.15, 0.2) is 5.65 Å². The molecule has 3 aromatic rings. The lowest BCUT2D eigenvalue weighted by atomic mass is 10.1. The van der Waals surface area contributed by atoms with Crippen molar-refractivity contribution in [1.82, 2.24) is 14.6 Å². The van der Waals surface area contributed by atoms with Crippen LogP contribution in [0.15, 0.2) is 36.5 Å². The molecule has 0 aliphatic rings. The normalized spacial score (nSPS) is 11.0. The molecule has 1 N–H and O–H groups in total. The molecule has 21 heavy (non-hydrogen) atoms. The van der Waals surface area contributed by atoms with Gasteiger partial charge in [-0.25, -0.2) is 4.79 Å². The van der Waals surface area contributed by atoms with Gasteiger partial charge in [-0.3, -0.25) is 4.40 Å². The van der Waals surface area contributed by atoms with Gasteiger partial charge in [-0.15, -0.1) is 10.2 Å². The first-order chi connectivity index (χ1) is 10.0. The number of aromatic nitrogens is 3. The van der Waals surface area contributed by atoms with E-state index in [0.29, 0.717) is 22.9 Å². The summed E-state index contributed by atoms with van der Waals surface area (Å²) in [4.78, 5) is 11.1. The Morgan fingerprint density at radius 3 is 2.76 bits per heavy atom. The second-order valence-corrected chi connectivity index (χ2v) is 5.34. The fraction of sp³-hybridized carbons (Fsp3) is 0.0714. The lowest BCUT2D eigenvalue weighted by Gasteiger charge is -2.03. The van der Waals surface area contributed by atoms with Gasteiger partial charge in [0.05, 0.1) is 10.6 Å². The average molecular weight is 322 g/mol. The van der Waals surface area contributed by atoms with Crippen molar-refractivity contribution in [3.63, 3.8) is 0 Å². The highest BCUT2D eigenvalue weighted by molar-refractivity contribution is 6.33. The van der Waals surface area contributed by atoms with Crippen LogP contribution in [0.1, 0.15) is 21.7 Å². The number of aromatic carboxylic acids is 1. The molecule has 0 saturated carbocycles. The van der Waals surface area contributed by atoms with Gasteiger partial charge in [-0.05, 0) is 23.8 Å². The molecular formula is C14H9Cl2N3O2. The first-order valence-electron chi connectivity index (χ1n) is 6.05. The van der Waals surface area contributed by atoms with Crippen LogP contribution in [0.5, 0.6) is 0 Å². The molecule has 5 nitrogen and oxygen atoms in total. The highest BCUT2D eigenvalue weighted by Crippen LogP contribution is 2.20. The van der Waals surface area contributed by atoms with E-state index in [0.717, 1.165) is 5.56 Å². The van der Waals surface area contributed by atoms with E-state index in [1.807, 2.05) is 18.2 Å². The molecule has 7 heteroatoms. The number of nitrogens with zero attached hydrogens (tertiary/aromatic N) is 3. The molecule has 0 spiro atoms. The monoisotopic (exact) mass is 321 g/mol. The number of pyridine rings is 1. The summed E-state index contributed by atoms with van der Waals surface area (Å²) in [5.41, 5.74) is 1.46. The highest BCUT2D eigenvalue weighted by atomic mass is 35.5. The maximum absolute atomic E-state index is 11.1. The molecule has 2 heterocycles. The van der Waals surface area contributed by atoms with Gasteiger partial charge >= 0.3 is 5.97 Å². The second-order valence-electron chi connectivity index (χ2n) is 4.50. The molecule has 0 radical (unpaired) electrons. The third-order valence-electron chi connectivity index (χ3n) is 3.03. The third-order valence-corrected chi connectivity index (χ3v) is 3.54. The number of carbonyl (C=O) groups is 1. The van der Waals surface area contributed by atoms with Crippen LogP contribution in [0.25, 0.3) is 5.65 Å². The van der Waals surface area contributed by atoms with E-state index < -0.39 is 5.97 Å². The SMILES string of the molecule is O=C(O)c1cc(Cl)c2nnc(Cc3cccc(Cl)c3)n2c1. The lowest BCUT2D eigenvalue weighted by Crippen LogP contribution is -2.02. The smallest absolute Gasteiger partial charge is 0.337 e. The quantitative estimate of drug-likeness (QED) is 0.803. The summed E-state index contributed by atoms with van der Waals surface area (Å²) in [6, 6.07) is 8.72. The molecule has 0 atom stereocenters. The largest absolute Gasteiger partial charge is 0.478 e. The van der Waals surface area contributed by atoms with Gasteiger partial charge in [-0.2, -0.15) is 0 Å². The number of fused-ring (bicyclic) bond motifs is 1. The van der Waals surface area contributed by atoms with E-state index in [2.05, 4.69) is 10.2 Å². The molecule has 0 aliphatic carbocycles. The van der Waals surface area contributed by atoms with E-state index in [9.17, 15) is 4.79 Å². The molecular weight excluding hydrogens is 313 g/mol.